The van der Waals surface area contributed by atoms with E-state index in [-0.39, 0.29) is 51.5 Å². The lowest BCUT2D eigenvalue weighted by molar-refractivity contribution is -0.143. The summed E-state index contributed by atoms with van der Waals surface area (Å²) in [6, 6.07) is 67.9. The number of nitrogens with zero attached hydrogens (tertiary/aromatic N) is 2. The van der Waals surface area contributed by atoms with Crippen molar-refractivity contribution in [3.05, 3.63) is 286 Å². The summed E-state index contributed by atoms with van der Waals surface area (Å²) in [6.07, 6.45) is -14.4. The molecule has 0 spiro atoms. The van der Waals surface area contributed by atoms with E-state index in [9.17, 15) is 39.5 Å². The zero-order valence-corrected chi connectivity index (χ0v) is 69.1. The van der Waals surface area contributed by atoms with Gasteiger partial charge in [-0.25, -0.2) is 0 Å². The van der Waals surface area contributed by atoms with E-state index in [4.69, 9.17) is 96.0 Å². The molecule has 0 saturated carbocycles. The van der Waals surface area contributed by atoms with E-state index in [0.717, 1.165) is 51.1 Å². The van der Waals surface area contributed by atoms with E-state index in [1.54, 1.807) is 62.6 Å². The van der Waals surface area contributed by atoms with Crippen LogP contribution in [0.1, 0.15) is 90.3 Å². The Labute approximate surface area is 695 Å². The second kappa shape index (κ2) is 44.7. The monoisotopic (exact) mass is 1670 g/mol. The predicted octanol–water partition coefficient (Wildman–Crippen LogP) is 18.7. The number of nitrogens with two attached hydrogens (primary N) is 5. The molecule has 0 radical (unpaired) electrons. The molecule has 19 nitrogen and oxygen atoms in total. The molecular formula is C92H104F9N7O12. The van der Waals surface area contributed by atoms with Crippen molar-refractivity contribution in [1.29, 1.82) is 10.5 Å². The molecule has 0 aliphatic rings. The minimum absolute atomic E-state index is 0.0375. The largest absolute Gasteiger partial charge is 0.493 e. The standard InChI is InChI=1S/C19H19F6NO2.C19H22N2O3.C18H20F3NO2.C18H20N2O2.C18H23NO3/c1-12-5-3-4-6-16(12)28-11-17(2,26)10-27-15-8-13(18(20,21)22)7-14(9-15)19(23,24)25;1-14-6-4-5-7-16(14)23-12-19(2,21)13-24-17-9-8-15(11-20)10-18(17)22-3;1-13-7-3-5-9-15(13)23-11-17(2,22)12-24-16-10-6-4-8-14(16)18(19,20)21;1-14-7-3-5-9-16(14)21-12-18(2,20)13-22-17-10-6-4-8-15(17)11-19;1-14-8-4-5-9-15(14)21-12-18(2,19)13-22-17-11-7-6-10-16(17)20-3/h3-9H,10-11,26H2,1-2H3;4-10H,12-13,21H2,1-3H3;3-10H,11-12,22H2,1-2H3;3-10H,12-13,20H2,1-2H3;4-11H,12-13,19H2,1-3H3. The van der Waals surface area contributed by atoms with Crippen molar-refractivity contribution in [2.75, 3.05) is 80.3 Å². The first-order chi connectivity index (χ1) is 56.4. The van der Waals surface area contributed by atoms with Crippen LogP contribution in [0.5, 0.6) is 69.0 Å². The fourth-order valence-corrected chi connectivity index (χ4v) is 10.3. The summed E-state index contributed by atoms with van der Waals surface area (Å²) in [6.45, 7) is 20.0. The third-order valence-electron chi connectivity index (χ3n) is 17.2. The number of benzene rings is 10. The van der Waals surface area contributed by atoms with Gasteiger partial charge in [-0.2, -0.15) is 50.0 Å². The maximum atomic E-state index is 12.9. The number of para-hydroxylation sites is 9. The van der Waals surface area contributed by atoms with Crippen molar-refractivity contribution >= 4 is 0 Å². The summed E-state index contributed by atoms with van der Waals surface area (Å²) in [5.41, 5.74) is 29.1. The molecule has 0 saturated heterocycles. The van der Waals surface area contributed by atoms with Crippen molar-refractivity contribution < 1.29 is 96.4 Å². The van der Waals surface area contributed by atoms with E-state index in [1.807, 2.05) is 195 Å². The fourth-order valence-electron chi connectivity index (χ4n) is 10.3. The number of ether oxygens (including phenoxy) is 12. The number of nitriles is 2. The highest BCUT2D eigenvalue weighted by Gasteiger charge is 2.39. The number of rotatable bonds is 32. The first-order valence-electron chi connectivity index (χ1n) is 37.6. The zero-order chi connectivity index (χ0) is 88.5. The van der Waals surface area contributed by atoms with Crippen LogP contribution in [0.3, 0.4) is 0 Å². The molecule has 0 aromatic heterocycles. The van der Waals surface area contributed by atoms with Gasteiger partial charge in [0.25, 0.3) is 0 Å². The smallest absolute Gasteiger partial charge is 0.419 e. The van der Waals surface area contributed by atoms with Gasteiger partial charge in [-0.3, -0.25) is 0 Å². The lowest BCUT2D eigenvalue weighted by atomic mass is 10.1. The number of alkyl halides is 9. The molecule has 5 atom stereocenters. The Kier molecular flexibility index (Phi) is 36.0. The van der Waals surface area contributed by atoms with Crippen LogP contribution < -0.4 is 85.5 Å². The van der Waals surface area contributed by atoms with Gasteiger partial charge in [0.1, 0.15) is 118 Å². The summed E-state index contributed by atoms with van der Waals surface area (Å²) in [5.74, 6) is 5.87. The van der Waals surface area contributed by atoms with Crippen molar-refractivity contribution in [3.8, 4) is 81.1 Å². The van der Waals surface area contributed by atoms with Crippen LogP contribution in [-0.4, -0.2) is 108 Å². The highest BCUT2D eigenvalue weighted by molar-refractivity contribution is 5.48. The quantitative estimate of drug-likeness (QED) is 0.0245. The summed E-state index contributed by atoms with van der Waals surface area (Å²) in [4.78, 5) is 0. The summed E-state index contributed by atoms with van der Waals surface area (Å²) in [5, 5.41) is 18.0. The van der Waals surface area contributed by atoms with Gasteiger partial charge in [0.15, 0.2) is 23.0 Å². The first-order valence-corrected chi connectivity index (χ1v) is 37.6. The summed E-state index contributed by atoms with van der Waals surface area (Å²) >= 11 is 0. The van der Waals surface area contributed by atoms with Crippen molar-refractivity contribution in [2.24, 2.45) is 28.7 Å². The van der Waals surface area contributed by atoms with Crippen LogP contribution in [-0.2, 0) is 18.5 Å². The molecule has 0 aliphatic heterocycles. The SMILES string of the molecule is COc1cc(C#N)ccc1OCC(C)(N)COc1ccccc1C.COc1ccccc1OCC(C)(N)COc1ccccc1C.Cc1ccccc1OCC(C)(N)COc1cc(C(F)(F)F)cc(C(F)(F)F)c1.Cc1ccccc1OCC(C)(N)COc1ccccc1C#N.Cc1ccccc1OCC(C)(N)COc1ccccc1C(F)(F)F. The molecule has 642 valence electrons. The van der Waals surface area contributed by atoms with Gasteiger partial charge < -0.3 is 85.5 Å². The minimum Gasteiger partial charge on any atom is -0.493 e. The Hall–Kier alpha value is -12.1. The van der Waals surface area contributed by atoms with E-state index in [2.05, 4.69) is 12.1 Å². The van der Waals surface area contributed by atoms with Gasteiger partial charge in [0.2, 0.25) is 0 Å². The average Bonchev–Trinajstić information content (AvgIpc) is 0.797. The van der Waals surface area contributed by atoms with Gasteiger partial charge in [0, 0.05) is 6.07 Å². The van der Waals surface area contributed by atoms with Gasteiger partial charge in [-0.05, 0) is 194 Å². The molecule has 0 bridgehead atoms. The Balaban J connectivity index is 0.000000233. The lowest BCUT2D eigenvalue weighted by Crippen LogP contribution is -2.48. The van der Waals surface area contributed by atoms with Crippen LogP contribution in [0, 0.1) is 57.3 Å². The molecule has 120 heavy (non-hydrogen) atoms. The van der Waals surface area contributed by atoms with Crippen LogP contribution in [0.2, 0.25) is 0 Å². The van der Waals surface area contributed by atoms with Gasteiger partial charge in [0.05, 0.1) is 75.8 Å². The Bertz CT molecular complexity index is 4920. The van der Waals surface area contributed by atoms with Gasteiger partial charge >= 0.3 is 18.5 Å². The number of hydrogen-bond acceptors (Lipinski definition) is 19. The lowest BCUT2D eigenvalue weighted by Gasteiger charge is -2.26. The van der Waals surface area contributed by atoms with Crippen LogP contribution in [0.4, 0.5) is 39.5 Å². The zero-order valence-electron chi connectivity index (χ0n) is 69.1. The van der Waals surface area contributed by atoms with E-state index in [1.165, 1.54) is 32.2 Å². The normalized spacial score (nSPS) is 13.6. The highest BCUT2D eigenvalue weighted by Crippen LogP contribution is 2.40. The summed E-state index contributed by atoms with van der Waals surface area (Å²) in [7, 11) is 3.15. The molecule has 10 N–H and O–H groups in total. The Morgan fingerprint density at radius 2 is 0.525 bits per heavy atom. The van der Waals surface area contributed by atoms with E-state index < -0.39 is 68.7 Å². The van der Waals surface area contributed by atoms with Crippen molar-refractivity contribution in [2.45, 2.75) is 115 Å². The topological polar surface area (TPSA) is 288 Å². The summed E-state index contributed by atoms with van der Waals surface area (Å²) < 4.78 is 183. The molecule has 10 rings (SSSR count). The molecule has 28 heteroatoms. The predicted molar refractivity (Wildman–Crippen MR) is 444 cm³/mol. The second-order valence-electron chi connectivity index (χ2n) is 30.0. The molecule has 0 aliphatic carbocycles. The molecule has 10 aromatic rings. The average molecular weight is 1670 g/mol. The molecule has 0 fully saturated rings. The van der Waals surface area contributed by atoms with Crippen molar-refractivity contribution in [1.82, 2.24) is 0 Å². The maximum absolute atomic E-state index is 12.9. The molecule has 0 amide bonds. The minimum atomic E-state index is -4.95. The number of hydrogen-bond donors (Lipinski definition) is 5. The Morgan fingerprint density at radius 3 is 0.833 bits per heavy atom. The number of aryl methyl sites for hydroxylation is 5. The van der Waals surface area contributed by atoms with Crippen LogP contribution in [0.15, 0.2) is 231 Å². The van der Waals surface area contributed by atoms with E-state index in [0.29, 0.717) is 89.9 Å². The molecule has 10 aromatic carbocycles. The molecule has 5 unspecified atom stereocenters. The Morgan fingerprint density at radius 1 is 0.267 bits per heavy atom. The molecular weight excluding hydrogens is 1570 g/mol. The van der Waals surface area contributed by atoms with Gasteiger partial charge in [-0.15, -0.1) is 0 Å². The second-order valence-corrected chi connectivity index (χ2v) is 30.0. The maximum Gasteiger partial charge on any atom is 0.419 e. The van der Waals surface area contributed by atoms with Gasteiger partial charge in [-0.1, -0.05) is 127 Å². The van der Waals surface area contributed by atoms with E-state index >= 15 is 0 Å². The molecule has 0 heterocycles. The highest BCUT2D eigenvalue weighted by atomic mass is 19.4. The van der Waals surface area contributed by atoms with Crippen molar-refractivity contribution in [3.63, 3.8) is 0 Å². The third kappa shape index (κ3) is 33.4. The first kappa shape index (κ1) is 96.8. The van der Waals surface area contributed by atoms with Crippen LogP contribution in [0.25, 0.3) is 0 Å². The number of halogens is 9. The third-order valence-corrected chi connectivity index (χ3v) is 17.2. The fraction of sp³-hybridized carbons (Fsp3) is 0.326. The number of methoxy groups -OCH3 is 2. The van der Waals surface area contributed by atoms with Crippen LogP contribution >= 0.6 is 0 Å².